The fraction of sp³-hybridized carbons (Fsp3) is 0.333. The van der Waals surface area contributed by atoms with E-state index in [0.717, 1.165) is 5.56 Å². The lowest BCUT2D eigenvalue weighted by Crippen LogP contribution is -2.41. The van der Waals surface area contributed by atoms with E-state index in [1.807, 2.05) is 0 Å². The molecule has 2 saturated carbocycles. The van der Waals surface area contributed by atoms with Crippen LogP contribution in [0.4, 0.5) is 11.4 Å². The van der Waals surface area contributed by atoms with Gasteiger partial charge in [-0.3, -0.25) is 29.4 Å². The maximum Gasteiger partial charge on any atom is 0.269 e. The van der Waals surface area contributed by atoms with Crippen LogP contribution in [0.3, 0.4) is 0 Å². The number of nitro groups is 1. The summed E-state index contributed by atoms with van der Waals surface area (Å²) in [6, 6.07) is 12.7. The number of fused-ring (bicyclic) bond motifs is 8. The Labute approximate surface area is 188 Å². The summed E-state index contributed by atoms with van der Waals surface area (Å²) in [4.78, 5) is 55.9. The van der Waals surface area contributed by atoms with Gasteiger partial charge in [-0.1, -0.05) is 5.16 Å². The van der Waals surface area contributed by atoms with Gasteiger partial charge >= 0.3 is 0 Å². The molecule has 9 heteroatoms. The summed E-state index contributed by atoms with van der Waals surface area (Å²) < 4.78 is 0. The molecular formula is C24H19N3O6. The van der Waals surface area contributed by atoms with E-state index in [0.29, 0.717) is 23.4 Å². The number of rotatable bonds is 4. The normalized spacial score (nSPS) is 31.3. The molecule has 2 aromatic carbocycles. The topological polar surface area (TPSA) is 119 Å². The number of carbonyl (C=O) groups is 3. The van der Waals surface area contributed by atoms with Crippen molar-refractivity contribution in [2.75, 3.05) is 4.90 Å². The number of anilines is 1. The van der Waals surface area contributed by atoms with Gasteiger partial charge in [0.25, 0.3) is 5.69 Å². The first-order valence-electron chi connectivity index (χ1n) is 10.8. The summed E-state index contributed by atoms with van der Waals surface area (Å²) in [5.41, 5.74) is 2.39. The summed E-state index contributed by atoms with van der Waals surface area (Å²) in [5.74, 6) is -1.74. The summed E-state index contributed by atoms with van der Waals surface area (Å²) in [7, 11) is 0. The second-order valence-corrected chi connectivity index (χ2v) is 9.11. The maximum atomic E-state index is 13.4. The third-order valence-corrected chi connectivity index (χ3v) is 7.60. The lowest BCUT2D eigenvalue weighted by Gasteiger charge is -2.29. The van der Waals surface area contributed by atoms with Crippen LogP contribution in [0.2, 0.25) is 0 Å². The van der Waals surface area contributed by atoms with Crippen LogP contribution in [0.5, 0.6) is 0 Å². The number of hydrogen-bond donors (Lipinski definition) is 0. The van der Waals surface area contributed by atoms with Crippen LogP contribution in [0, 0.1) is 39.7 Å². The Balaban J connectivity index is 1.30. The van der Waals surface area contributed by atoms with Gasteiger partial charge in [0.2, 0.25) is 11.8 Å². The SMILES string of the molecule is CC(=O)c1ccc(N2C(=O)[C@@H]3[C@H]4C[C@@H]([C@@H]5C(c6ccc([N+](=O)[O-])cc6)=NO[C@@H]45)[C@@H]3C2=O)cc1. The Morgan fingerprint density at radius 3 is 2.24 bits per heavy atom. The van der Waals surface area contributed by atoms with Crippen molar-refractivity contribution in [2.45, 2.75) is 19.4 Å². The molecule has 0 N–H and O–H groups in total. The van der Waals surface area contributed by atoms with E-state index in [1.54, 1.807) is 36.4 Å². The highest BCUT2D eigenvalue weighted by Gasteiger charge is 2.70. The highest BCUT2D eigenvalue weighted by atomic mass is 16.6. The van der Waals surface area contributed by atoms with Gasteiger partial charge in [0, 0.05) is 35.1 Å². The Hall–Kier alpha value is -3.88. The van der Waals surface area contributed by atoms with Crippen LogP contribution in [0.15, 0.2) is 53.7 Å². The summed E-state index contributed by atoms with van der Waals surface area (Å²) in [5, 5.41) is 15.2. The number of hydrogen-bond acceptors (Lipinski definition) is 7. The van der Waals surface area contributed by atoms with Crippen LogP contribution in [-0.4, -0.2) is 34.3 Å². The quantitative estimate of drug-likeness (QED) is 0.309. The number of imide groups is 1. The van der Waals surface area contributed by atoms with Crippen LogP contribution in [-0.2, 0) is 14.4 Å². The van der Waals surface area contributed by atoms with Crippen molar-refractivity contribution >= 4 is 34.7 Å². The third kappa shape index (κ3) is 2.65. The molecule has 6 rings (SSSR count). The van der Waals surface area contributed by atoms with E-state index in [1.165, 1.54) is 24.0 Å². The predicted molar refractivity (Wildman–Crippen MR) is 116 cm³/mol. The summed E-state index contributed by atoms with van der Waals surface area (Å²) in [6.07, 6.45) is 0.434. The van der Waals surface area contributed by atoms with Crippen molar-refractivity contribution in [3.8, 4) is 0 Å². The molecule has 3 fully saturated rings. The standard InChI is InChI=1S/C24H19N3O6/c1-11(28)12-2-6-14(7-3-12)26-23(29)18-16-10-17(19(18)24(26)30)22-20(16)21(25-33-22)13-4-8-15(9-5-13)27(31)32/h2-9,16-20,22H,10H2,1H3/t16-,17-,18+,19-,20-,22+/m1/s1. The molecule has 9 nitrogen and oxygen atoms in total. The molecule has 166 valence electrons. The zero-order chi connectivity index (χ0) is 23.0. The van der Waals surface area contributed by atoms with Crippen molar-refractivity contribution in [3.63, 3.8) is 0 Å². The number of non-ortho nitro benzene ring substituents is 1. The molecule has 2 bridgehead atoms. The Morgan fingerprint density at radius 1 is 1.00 bits per heavy atom. The average molecular weight is 445 g/mol. The monoisotopic (exact) mass is 445 g/mol. The third-order valence-electron chi connectivity index (χ3n) is 7.60. The number of nitro benzene ring substituents is 1. The highest BCUT2D eigenvalue weighted by molar-refractivity contribution is 6.23. The number of carbonyl (C=O) groups excluding carboxylic acids is 3. The number of amides is 2. The van der Waals surface area contributed by atoms with Gasteiger partial charge in [0.05, 0.1) is 28.2 Å². The molecule has 2 aliphatic carbocycles. The van der Waals surface area contributed by atoms with Gasteiger partial charge in [0.15, 0.2) is 5.78 Å². The fourth-order valence-corrected chi connectivity index (χ4v) is 6.22. The molecule has 0 radical (unpaired) electrons. The minimum atomic E-state index is -0.456. The van der Waals surface area contributed by atoms with Crippen molar-refractivity contribution in [1.29, 1.82) is 0 Å². The van der Waals surface area contributed by atoms with Gasteiger partial charge in [-0.15, -0.1) is 0 Å². The van der Waals surface area contributed by atoms with E-state index < -0.39 is 16.8 Å². The van der Waals surface area contributed by atoms with E-state index in [9.17, 15) is 24.5 Å². The molecule has 33 heavy (non-hydrogen) atoms. The van der Waals surface area contributed by atoms with Crippen molar-refractivity contribution in [3.05, 3.63) is 69.8 Å². The van der Waals surface area contributed by atoms with Crippen molar-refractivity contribution < 1.29 is 24.1 Å². The van der Waals surface area contributed by atoms with Gasteiger partial charge in [-0.05, 0) is 55.7 Å². The molecule has 2 amide bonds. The van der Waals surface area contributed by atoms with E-state index in [2.05, 4.69) is 5.16 Å². The molecule has 0 aromatic heterocycles. The van der Waals surface area contributed by atoms with Crippen molar-refractivity contribution in [2.24, 2.45) is 34.7 Å². The van der Waals surface area contributed by atoms with E-state index in [4.69, 9.17) is 4.84 Å². The molecule has 4 aliphatic rings. The smallest absolute Gasteiger partial charge is 0.269 e. The largest absolute Gasteiger partial charge is 0.391 e. The zero-order valence-corrected chi connectivity index (χ0v) is 17.6. The Morgan fingerprint density at radius 2 is 1.64 bits per heavy atom. The molecule has 2 heterocycles. The number of Topliss-reactive ketones (excluding diaryl/α,β-unsaturated/α-hetero) is 1. The molecule has 0 spiro atoms. The molecule has 2 aliphatic heterocycles. The first-order chi connectivity index (χ1) is 15.9. The molecule has 0 unspecified atom stereocenters. The van der Waals surface area contributed by atoms with Crippen LogP contribution < -0.4 is 4.90 Å². The number of oxime groups is 1. The minimum absolute atomic E-state index is 0.00850. The molecule has 2 aromatic rings. The second-order valence-electron chi connectivity index (χ2n) is 9.11. The average Bonchev–Trinajstić information content (AvgIpc) is 3.54. The van der Waals surface area contributed by atoms with Gasteiger partial charge < -0.3 is 4.84 Å². The first kappa shape index (κ1) is 19.8. The minimum Gasteiger partial charge on any atom is -0.391 e. The van der Waals surface area contributed by atoms with Crippen LogP contribution in [0.25, 0.3) is 0 Å². The number of ketones is 1. The van der Waals surface area contributed by atoms with E-state index in [-0.39, 0.29) is 47.1 Å². The van der Waals surface area contributed by atoms with Gasteiger partial charge in [-0.2, -0.15) is 0 Å². The number of benzene rings is 2. The summed E-state index contributed by atoms with van der Waals surface area (Å²) >= 11 is 0. The van der Waals surface area contributed by atoms with E-state index >= 15 is 0 Å². The lowest BCUT2D eigenvalue weighted by molar-refractivity contribution is -0.384. The van der Waals surface area contributed by atoms with Gasteiger partial charge in [0.1, 0.15) is 6.10 Å². The summed E-state index contributed by atoms with van der Waals surface area (Å²) in [6.45, 7) is 1.46. The van der Waals surface area contributed by atoms with Gasteiger partial charge in [-0.25, -0.2) is 0 Å². The molecule has 1 saturated heterocycles. The molecule has 6 atom stereocenters. The maximum absolute atomic E-state index is 13.4. The highest BCUT2D eigenvalue weighted by Crippen LogP contribution is 2.62. The van der Waals surface area contributed by atoms with Crippen LogP contribution >= 0.6 is 0 Å². The number of nitrogens with zero attached hydrogens (tertiary/aromatic N) is 3. The lowest BCUT2D eigenvalue weighted by atomic mass is 9.71. The Kier molecular flexibility index (Phi) is 4.08. The second kappa shape index (κ2) is 6.81. The van der Waals surface area contributed by atoms with Crippen LogP contribution in [0.1, 0.15) is 29.3 Å². The first-order valence-corrected chi connectivity index (χ1v) is 10.8. The predicted octanol–water partition coefficient (Wildman–Crippen LogP) is 2.97. The zero-order valence-electron chi connectivity index (χ0n) is 17.6. The Bertz CT molecular complexity index is 1250. The fourth-order valence-electron chi connectivity index (χ4n) is 6.22. The van der Waals surface area contributed by atoms with Crippen molar-refractivity contribution in [1.82, 2.24) is 0 Å². The molecular weight excluding hydrogens is 426 g/mol.